The van der Waals surface area contributed by atoms with E-state index in [1.807, 2.05) is 24.3 Å². The number of amides is 1. The minimum absolute atomic E-state index is 0. The third-order valence-electron chi connectivity index (χ3n) is 4.67. The summed E-state index contributed by atoms with van der Waals surface area (Å²) in [7, 11) is 0. The zero-order chi connectivity index (χ0) is 17.5. The molecule has 0 aromatic heterocycles. The van der Waals surface area contributed by atoms with Gasteiger partial charge in [-0.2, -0.15) is 0 Å². The Morgan fingerprint density at radius 3 is 2.36 bits per heavy atom. The lowest BCUT2D eigenvalue weighted by Crippen LogP contribution is -2.42. The Labute approximate surface area is 158 Å². The van der Waals surface area contributed by atoms with Crippen molar-refractivity contribution in [2.24, 2.45) is 11.7 Å². The van der Waals surface area contributed by atoms with E-state index in [1.54, 1.807) is 0 Å². The fraction of sp³-hybridized carbons (Fsp3) is 0.650. The molecule has 1 amide bonds. The minimum atomic E-state index is -0.441. The van der Waals surface area contributed by atoms with Crippen LogP contribution in [-0.2, 0) is 4.79 Å². The molecule has 0 bridgehead atoms. The minimum Gasteiger partial charge on any atom is -0.490 e. The van der Waals surface area contributed by atoms with E-state index in [9.17, 15) is 4.79 Å². The average Bonchev–Trinajstić information content (AvgIpc) is 3.05. The second-order valence-corrected chi connectivity index (χ2v) is 7.30. The number of rotatable bonds is 8. The molecule has 25 heavy (non-hydrogen) atoms. The largest absolute Gasteiger partial charge is 0.490 e. The maximum atomic E-state index is 12.3. The molecule has 1 aromatic carbocycles. The Kier molecular flexibility index (Phi) is 9.30. The number of carbonyl (C=O) groups is 1. The first kappa shape index (κ1) is 21.8. The molecule has 2 rings (SSSR count). The standard InChI is InChI=1S/C20H32N2O2.ClH/c1-4-19(22-20(23)18(21)13-14(2)3)15-9-11-17(12-10-15)24-16-7-5-6-8-16;/h9-12,14,16,18-19H,4-8,13,21H2,1-3H3,(H,22,23);1H. The van der Waals surface area contributed by atoms with E-state index in [-0.39, 0.29) is 24.4 Å². The molecule has 1 aliphatic carbocycles. The van der Waals surface area contributed by atoms with Gasteiger partial charge in [0.15, 0.2) is 0 Å². The van der Waals surface area contributed by atoms with E-state index in [4.69, 9.17) is 10.5 Å². The SMILES string of the molecule is CCC(NC(=O)C(N)CC(C)C)c1ccc(OC2CCCC2)cc1.Cl. The number of nitrogens with one attached hydrogen (secondary N) is 1. The Bertz CT molecular complexity index is 513. The summed E-state index contributed by atoms with van der Waals surface area (Å²) >= 11 is 0. The van der Waals surface area contributed by atoms with Crippen molar-refractivity contribution in [1.29, 1.82) is 0 Å². The summed E-state index contributed by atoms with van der Waals surface area (Å²) in [5.41, 5.74) is 7.08. The molecular formula is C20H33ClN2O2. The first-order valence-corrected chi connectivity index (χ1v) is 9.32. The molecule has 0 radical (unpaired) electrons. The topological polar surface area (TPSA) is 64.4 Å². The lowest BCUT2D eigenvalue weighted by molar-refractivity contribution is -0.123. The summed E-state index contributed by atoms with van der Waals surface area (Å²) in [6, 6.07) is 7.67. The van der Waals surface area contributed by atoms with Crippen molar-refractivity contribution in [3.05, 3.63) is 29.8 Å². The van der Waals surface area contributed by atoms with Crippen LogP contribution in [0.2, 0.25) is 0 Å². The van der Waals surface area contributed by atoms with Crippen molar-refractivity contribution >= 4 is 18.3 Å². The molecule has 4 nitrogen and oxygen atoms in total. The van der Waals surface area contributed by atoms with Crippen molar-refractivity contribution in [2.75, 3.05) is 0 Å². The molecule has 0 heterocycles. The quantitative estimate of drug-likeness (QED) is 0.716. The van der Waals surface area contributed by atoms with Gasteiger partial charge in [-0.1, -0.05) is 32.9 Å². The Morgan fingerprint density at radius 2 is 1.84 bits per heavy atom. The van der Waals surface area contributed by atoms with E-state index in [1.165, 1.54) is 12.8 Å². The average molecular weight is 369 g/mol. The molecule has 1 saturated carbocycles. The number of ether oxygens (including phenoxy) is 1. The Hall–Kier alpha value is -1.26. The zero-order valence-corrected chi connectivity index (χ0v) is 16.5. The highest BCUT2D eigenvalue weighted by Gasteiger charge is 2.20. The van der Waals surface area contributed by atoms with Crippen LogP contribution in [0.1, 0.15) is 70.9 Å². The number of benzene rings is 1. The van der Waals surface area contributed by atoms with Crippen molar-refractivity contribution in [3.63, 3.8) is 0 Å². The molecule has 2 unspecified atom stereocenters. The van der Waals surface area contributed by atoms with Crippen molar-refractivity contribution in [3.8, 4) is 5.75 Å². The lowest BCUT2D eigenvalue weighted by Gasteiger charge is -2.21. The molecule has 5 heteroatoms. The highest BCUT2D eigenvalue weighted by Crippen LogP contribution is 2.26. The Balaban J connectivity index is 0.00000312. The fourth-order valence-electron chi connectivity index (χ4n) is 3.29. The van der Waals surface area contributed by atoms with Gasteiger partial charge in [-0.3, -0.25) is 4.79 Å². The van der Waals surface area contributed by atoms with Gasteiger partial charge in [-0.15, -0.1) is 12.4 Å². The summed E-state index contributed by atoms with van der Waals surface area (Å²) in [5.74, 6) is 1.27. The van der Waals surface area contributed by atoms with E-state index in [2.05, 4.69) is 26.1 Å². The van der Waals surface area contributed by atoms with Gasteiger partial charge in [0.25, 0.3) is 0 Å². The van der Waals surface area contributed by atoms with Crippen molar-refractivity contribution in [2.45, 2.75) is 77.5 Å². The maximum Gasteiger partial charge on any atom is 0.237 e. The zero-order valence-electron chi connectivity index (χ0n) is 15.7. The van der Waals surface area contributed by atoms with E-state index in [0.29, 0.717) is 18.4 Å². The highest BCUT2D eigenvalue weighted by molar-refractivity contribution is 5.85. The summed E-state index contributed by atoms with van der Waals surface area (Å²) in [6.07, 6.45) is 6.75. The third-order valence-corrected chi connectivity index (χ3v) is 4.67. The first-order valence-electron chi connectivity index (χ1n) is 9.32. The van der Waals surface area contributed by atoms with Crippen LogP contribution in [-0.4, -0.2) is 18.1 Å². The second kappa shape index (κ2) is 10.7. The normalized spacial score (nSPS) is 17.0. The summed E-state index contributed by atoms with van der Waals surface area (Å²) in [4.78, 5) is 12.3. The summed E-state index contributed by atoms with van der Waals surface area (Å²) in [6.45, 7) is 6.23. The molecule has 142 valence electrons. The van der Waals surface area contributed by atoms with Gasteiger partial charge in [-0.25, -0.2) is 0 Å². The maximum absolute atomic E-state index is 12.3. The van der Waals surface area contributed by atoms with Crippen LogP contribution in [0.15, 0.2) is 24.3 Å². The van der Waals surface area contributed by atoms with Crippen LogP contribution in [0.25, 0.3) is 0 Å². The molecule has 2 atom stereocenters. The first-order chi connectivity index (χ1) is 11.5. The predicted molar refractivity (Wildman–Crippen MR) is 105 cm³/mol. The van der Waals surface area contributed by atoms with Crippen LogP contribution in [0.3, 0.4) is 0 Å². The van der Waals surface area contributed by atoms with Crippen molar-refractivity contribution in [1.82, 2.24) is 5.32 Å². The van der Waals surface area contributed by atoms with Gasteiger partial charge in [0.1, 0.15) is 5.75 Å². The highest BCUT2D eigenvalue weighted by atomic mass is 35.5. The van der Waals surface area contributed by atoms with Crippen LogP contribution < -0.4 is 15.8 Å². The lowest BCUT2D eigenvalue weighted by atomic mass is 10.0. The molecule has 1 aliphatic rings. The van der Waals surface area contributed by atoms with Crippen LogP contribution >= 0.6 is 12.4 Å². The van der Waals surface area contributed by atoms with E-state index < -0.39 is 6.04 Å². The van der Waals surface area contributed by atoms with Gasteiger partial charge in [0.2, 0.25) is 5.91 Å². The summed E-state index contributed by atoms with van der Waals surface area (Å²) < 4.78 is 6.00. The molecule has 1 fully saturated rings. The fourth-order valence-corrected chi connectivity index (χ4v) is 3.29. The molecular weight excluding hydrogens is 336 g/mol. The molecule has 0 saturated heterocycles. The third kappa shape index (κ3) is 6.87. The van der Waals surface area contributed by atoms with E-state index >= 15 is 0 Å². The second-order valence-electron chi connectivity index (χ2n) is 7.30. The number of hydrogen-bond acceptors (Lipinski definition) is 3. The Morgan fingerprint density at radius 1 is 1.24 bits per heavy atom. The van der Waals surface area contributed by atoms with E-state index in [0.717, 1.165) is 30.6 Å². The van der Waals surface area contributed by atoms with Crippen molar-refractivity contribution < 1.29 is 9.53 Å². The number of nitrogens with two attached hydrogens (primary N) is 1. The monoisotopic (exact) mass is 368 g/mol. The van der Waals surface area contributed by atoms with Gasteiger partial charge in [0, 0.05) is 0 Å². The number of hydrogen-bond donors (Lipinski definition) is 2. The van der Waals surface area contributed by atoms with Crippen LogP contribution in [0.4, 0.5) is 0 Å². The predicted octanol–water partition coefficient (Wildman–Crippen LogP) is 4.37. The van der Waals surface area contributed by atoms with Crippen LogP contribution in [0.5, 0.6) is 5.75 Å². The van der Waals surface area contributed by atoms with Gasteiger partial charge in [0.05, 0.1) is 18.2 Å². The number of halogens is 1. The van der Waals surface area contributed by atoms with Gasteiger partial charge >= 0.3 is 0 Å². The van der Waals surface area contributed by atoms with Gasteiger partial charge < -0.3 is 15.8 Å². The van der Waals surface area contributed by atoms with Crippen LogP contribution in [0, 0.1) is 5.92 Å². The molecule has 3 N–H and O–H groups in total. The molecule has 1 aromatic rings. The van der Waals surface area contributed by atoms with Gasteiger partial charge in [-0.05, 0) is 62.1 Å². The summed E-state index contributed by atoms with van der Waals surface area (Å²) in [5, 5.41) is 3.08. The number of carbonyl (C=O) groups excluding carboxylic acids is 1. The molecule has 0 aliphatic heterocycles. The molecule has 0 spiro atoms. The smallest absolute Gasteiger partial charge is 0.237 e.